The fourth-order valence-corrected chi connectivity index (χ4v) is 2.69. The molecule has 1 amide bonds. The first kappa shape index (κ1) is 13.9. The van der Waals surface area contributed by atoms with Crippen molar-refractivity contribution in [2.45, 2.75) is 26.3 Å². The van der Waals surface area contributed by atoms with Gasteiger partial charge in [0.1, 0.15) is 6.04 Å². The van der Waals surface area contributed by atoms with E-state index >= 15 is 0 Å². The summed E-state index contributed by atoms with van der Waals surface area (Å²) in [7, 11) is 1.89. The second-order valence-electron chi connectivity index (χ2n) is 5.20. The number of hydrogen-bond acceptors (Lipinski definition) is 3. The topological polar surface area (TPSA) is 44.4 Å². The van der Waals surface area contributed by atoms with Crippen molar-refractivity contribution in [2.75, 3.05) is 31.6 Å². The SMILES string of the molecule is CNCC1C(=O)NCCCN1c1ccc(C)cc1C. The number of carbonyl (C=O) groups is 1. The Kier molecular flexibility index (Phi) is 4.43. The molecule has 1 saturated heterocycles. The van der Waals surface area contributed by atoms with Gasteiger partial charge in [0, 0.05) is 25.3 Å². The first-order valence-corrected chi connectivity index (χ1v) is 6.89. The quantitative estimate of drug-likeness (QED) is 0.860. The second kappa shape index (κ2) is 6.06. The van der Waals surface area contributed by atoms with Crippen LogP contribution in [-0.4, -0.2) is 38.6 Å². The molecule has 1 aromatic rings. The normalized spacial score (nSPS) is 20.1. The van der Waals surface area contributed by atoms with Crippen LogP contribution in [0.5, 0.6) is 0 Å². The Labute approximate surface area is 115 Å². The van der Waals surface area contributed by atoms with Crippen molar-refractivity contribution in [1.29, 1.82) is 0 Å². The lowest BCUT2D eigenvalue weighted by atomic mass is 10.1. The van der Waals surface area contributed by atoms with Gasteiger partial charge in [-0.1, -0.05) is 17.7 Å². The van der Waals surface area contributed by atoms with Gasteiger partial charge in [-0.25, -0.2) is 0 Å². The number of benzene rings is 1. The highest BCUT2D eigenvalue weighted by Crippen LogP contribution is 2.24. The third-order valence-electron chi connectivity index (χ3n) is 3.61. The summed E-state index contributed by atoms with van der Waals surface area (Å²) in [6.45, 7) is 6.55. The van der Waals surface area contributed by atoms with Gasteiger partial charge in [0.15, 0.2) is 0 Å². The molecule has 0 spiro atoms. The van der Waals surface area contributed by atoms with E-state index in [0.717, 1.165) is 19.5 Å². The number of likely N-dealkylation sites (N-methyl/N-ethyl adjacent to an activating group) is 1. The largest absolute Gasteiger partial charge is 0.358 e. The van der Waals surface area contributed by atoms with Crippen molar-refractivity contribution in [3.05, 3.63) is 29.3 Å². The maximum Gasteiger partial charge on any atom is 0.244 e. The molecule has 0 aromatic heterocycles. The summed E-state index contributed by atoms with van der Waals surface area (Å²) in [6.07, 6.45) is 0.985. The summed E-state index contributed by atoms with van der Waals surface area (Å²) in [6, 6.07) is 6.29. The third-order valence-corrected chi connectivity index (χ3v) is 3.61. The average Bonchev–Trinajstić information content (AvgIpc) is 2.54. The third kappa shape index (κ3) is 3.07. The number of nitrogens with zero attached hydrogens (tertiary/aromatic N) is 1. The molecule has 4 nitrogen and oxygen atoms in total. The number of carbonyl (C=O) groups excluding carboxylic acids is 1. The molecular formula is C15H23N3O. The molecule has 2 rings (SSSR count). The average molecular weight is 261 g/mol. The Balaban J connectivity index is 2.34. The van der Waals surface area contributed by atoms with Crippen LogP contribution in [0.15, 0.2) is 18.2 Å². The van der Waals surface area contributed by atoms with E-state index < -0.39 is 0 Å². The van der Waals surface area contributed by atoms with Crippen LogP contribution in [0, 0.1) is 13.8 Å². The fourth-order valence-electron chi connectivity index (χ4n) is 2.69. The molecule has 1 fully saturated rings. The van der Waals surface area contributed by atoms with E-state index in [2.05, 4.69) is 47.6 Å². The predicted molar refractivity (Wildman–Crippen MR) is 78.6 cm³/mol. The van der Waals surface area contributed by atoms with Crippen LogP contribution in [0.3, 0.4) is 0 Å². The zero-order valence-electron chi connectivity index (χ0n) is 12.0. The first-order valence-electron chi connectivity index (χ1n) is 6.89. The number of anilines is 1. The van der Waals surface area contributed by atoms with Gasteiger partial charge in [-0.05, 0) is 38.9 Å². The van der Waals surface area contributed by atoms with Crippen molar-refractivity contribution in [1.82, 2.24) is 10.6 Å². The highest BCUT2D eigenvalue weighted by Gasteiger charge is 2.28. The highest BCUT2D eigenvalue weighted by atomic mass is 16.2. The second-order valence-corrected chi connectivity index (χ2v) is 5.20. The molecule has 1 heterocycles. The molecule has 1 atom stereocenters. The van der Waals surface area contributed by atoms with Gasteiger partial charge in [-0.2, -0.15) is 0 Å². The molecule has 4 heteroatoms. The van der Waals surface area contributed by atoms with Crippen LogP contribution in [0.1, 0.15) is 17.5 Å². The van der Waals surface area contributed by atoms with Gasteiger partial charge in [-0.3, -0.25) is 4.79 Å². The lowest BCUT2D eigenvalue weighted by molar-refractivity contribution is -0.121. The van der Waals surface area contributed by atoms with E-state index in [-0.39, 0.29) is 11.9 Å². The molecule has 2 N–H and O–H groups in total. The standard InChI is InChI=1S/C15H23N3O/c1-11-5-6-13(12(2)9-11)18-8-4-7-17-15(19)14(18)10-16-3/h5-6,9,14,16H,4,7-8,10H2,1-3H3,(H,17,19). The summed E-state index contributed by atoms with van der Waals surface area (Å²) >= 11 is 0. The van der Waals surface area contributed by atoms with Crippen LogP contribution < -0.4 is 15.5 Å². The van der Waals surface area contributed by atoms with Crippen LogP contribution in [0.25, 0.3) is 0 Å². The molecule has 1 aliphatic rings. The summed E-state index contributed by atoms with van der Waals surface area (Å²) in [5.41, 5.74) is 3.66. The summed E-state index contributed by atoms with van der Waals surface area (Å²) in [4.78, 5) is 14.4. The molecule has 0 saturated carbocycles. The molecule has 104 valence electrons. The van der Waals surface area contributed by atoms with E-state index in [1.165, 1.54) is 16.8 Å². The van der Waals surface area contributed by atoms with Crippen molar-refractivity contribution in [3.63, 3.8) is 0 Å². The zero-order valence-corrected chi connectivity index (χ0v) is 12.0. The van der Waals surface area contributed by atoms with Crippen molar-refractivity contribution in [2.24, 2.45) is 0 Å². The van der Waals surface area contributed by atoms with Crippen LogP contribution >= 0.6 is 0 Å². The van der Waals surface area contributed by atoms with Gasteiger partial charge >= 0.3 is 0 Å². The zero-order chi connectivity index (χ0) is 13.8. The molecule has 19 heavy (non-hydrogen) atoms. The van der Waals surface area contributed by atoms with Crippen LogP contribution in [-0.2, 0) is 4.79 Å². The molecule has 1 aromatic carbocycles. The van der Waals surface area contributed by atoms with Gasteiger partial charge in [0.05, 0.1) is 0 Å². The minimum atomic E-state index is -0.131. The molecule has 0 aliphatic carbocycles. The Hall–Kier alpha value is -1.55. The van der Waals surface area contributed by atoms with Crippen LogP contribution in [0.4, 0.5) is 5.69 Å². The Morgan fingerprint density at radius 1 is 1.42 bits per heavy atom. The maximum absolute atomic E-state index is 12.2. The number of nitrogens with one attached hydrogen (secondary N) is 2. The van der Waals surface area contributed by atoms with Gasteiger partial charge in [0.25, 0.3) is 0 Å². The Morgan fingerprint density at radius 2 is 2.21 bits per heavy atom. The number of aryl methyl sites for hydroxylation is 2. The fraction of sp³-hybridized carbons (Fsp3) is 0.533. The Bertz CT molecular complexity index is 459. The summed E-state index contributed by atoms with van der Waals surface area (Å²) in [5, 5.41) is 6.11. The van der Waals surface area contributed by atoms with Gasteiger partial charge in [-0.15, -0.1) is 0 Å². The lowest BCUT2D eigenvalue weighted by Gasteiger charge is -2.31. The van der Waals surface area contributed by atoms with E-state index in [4.69, 9.17) is 0 Å². The van der Waals surface area contributed by atoms with E-state index in [0.29, 0.717) is 6.54 Å². The lowest BCUT2D eigenvalue weighted by Crippen LogP contribution is -2.49. The van der Waals surface area contributed by atoms with E-state index in [9.17, 15) is 4.79 Å². The van der Waals surface area contributed by atoms with Crippen molar-refractivity contribution < 1.29 is 4.79 Å². The highest BCUT2D eigenvalue weighted by molar-refractivity contribution is 5.86. The molecule has 1 aliphatic heterocycles. The smallest absolute Gasteiger partial charge is 0.244 e. The van der Waals surface area contributed by atoms with Gasteiger partial charge < -0.3 is 15.5 Å². The minimum absolute atomic E-state index is 0.117. The van der Waals surface area contributed by atoms with Crippen molar-refractivity contribution in [3.8, 4) is 0 Å². The predicted octanol–water partition coefficient (Wildman–Crippen LogP) is 1.22. The first-order chi connectivity index (χ1) is 9.13. The number of rotatable bonds is 3. The van der Waals surface area contributed by atoms with Gasteiger partial charge in [0.2, 0.25) is 5.91 Å². The van der Waals surface area contributed by atoms with Crippen molar-refractivity contribution >= 4 is 11.6 Å². The summed E-state index contributed by atoms with van der Waals surface area (Å²) in [5.74, 6) is 0.117. The Morgan fingerprint density at radius 3 is 2.89 bits per heavy atom. The summed E-state index contributed by atoms with van der Waals surface area (Å²) < 4.78 is 0. The van der Waals surface area contributed by atoms with E-state index in [1.807, 2.05) is 7.05 Å². The monoisotopic (exact) mass is 261 g/mol. The number of amides is 1. The molecule has 0 radical (unpaired) electrons. The van der Waals surface area contributed by atoms with E-state index in [1.54, 1.807) is 0 Å². The molecule has 1 unspecified atom stereocenters. The molecular weight excluding hydrogens is 238 g/mol. The maximum atomic E-state index is 12.2. The minimum Gasteiger partial charge on any atom is -0.358 e. The number of hydrogen-bond donors (Lipinski definition) is 2. The molecule has 0 bridgehead atoms. The van der Waals surface area contributed by atoms with Crippen LogP contribution in [0.2, 0.25) is 0 Å².